The number of carbonyl (C=O) groups is 1. The standard InChI is InChI=1S/C10H10N6O/c11-16-9-2-1-7(3-14-9)10(17)15-8-4-12-6-13-5-8/h1-6H,11H2,(H,14,16)(H,15,17). The van der Waals surface area contributed by atoms with E-state index >= 15 is 0 Å². The van der Waals surface area contributed by atoms with Gasteiger partial charge in [0, 0.05) is 6.20 Å². The Morgan fingerprint density at radius 3 is 2.53 bits per heavy atom. The maximum absolute atomic E-state index is 11.8. The van der Waals surface area contributed by atoms with Crippen molar-refractivity contribution < 1.29 is 4.79 Å². The lowest BCUT2D eigenvalue weighted by Crippen LogP contribution is -2.13. The Morgan fingerprint density at radius 1 is 1.18 bits per heavy atom. The third-order valence-electron chi connectivity index (χ3n) is 1.99. The molecule has 0 aliphatic rings. The molecule has 0 fully saturated rings. The van der Waals surface area contributed by atoms with E-state index in [1.165, 1.54) is 24.9 Å². The van der Waals surface area contributed by atoms with Gasteiger partial charge in [0.05, 0.1) is 23.6 Å². The molecule has 86 valence electrons. The first kappa shape index (κ1) is 11.0. The summed E-state index contributed by atoms with van der Waals surface area (Å²) in [5, 5.41) is 2.64. The number of hydrazine groups is 1. The summed E-state index contributed by atoms with van der Waals surface area (Å²) in [7, 11) is 0. The Balaban J connectivity index is 2.09. The van der Waals surface area contributed by atoms with Crippen molar-refractivity contribution >= 4 is 17.4 Å². The average Bonchev–Trinajstić information content (AvgIpc) is 2.40. The highest BCUT2D eigenvalue weighted by Crippen LogP contribution is 2.07. The molecule has 2 rings (SSSR count). The summed E-state index contributed by atoms with van der Waals surface area (Å²) in [6.45, 7) is 0. The number of amides is 1. The fourth-order valence-electron chi connectivity index (χ4n) is 1.18. The second kappa shape index (κ2) is 4.99. The fourth-order valence-corrected chi connectivity index (χ4v) is 1.18. The topological polar surface area (TPSA) is 106 Å². The lowest BCUT2D eigenvalue weighted by Gasteiger charge is -2.04. The molecule has 7 heteroatoms. The van der Waals surface area contributed by atoms with Crippen molar-refractivity contribution in [3.8, 4) is 0 Å². The van der Waals surface area contributed by atoms with Crippen molar-refractivity contribution in [2.24, 2.45) is 5.84 Å². The monoisotopic (exact) mass is 230 g/mol. The van der Waals surface area contributed by atoms with Crippen LogP contribution in [0.15, 0.2) is 37.1 Å². The van der Waals surface area contributed by atoms with Crippen molar-refractivity contribution in [1.82, 2.24) is 15.0 Å². The van der Waals surface area contributed by atoms with Crippen molar-refractivity contribution in [2.45, 2.75) is 0 Å². The van der Waals surface area contributed by atoms with Crippen LogP contribution in [0.1, 0.15) is 10.4 Å². The van der Waals surface area contributed by atoms with E-state index in [0.717, 1.165) is 0 Å². The van der Waals surface area contributed by atoms with Crippen molar-refractivity contribution in [1.29, 1.82) is 0 Å². The lowest BCUT2D eigenvalue weighted by atomic mass is 10.2. The second-order valence-corrected chi connectivity index (χ2v) is 3.16. The van der Waals surface area contributed by atoms with Crippen LogP contribution in [-0.4, -0.2) is 20.9 Å². The van der Waals surface area contributed by atoms with Gasteiger partial charge < -0.3 is 10.7 Å². The summed E-state index contributed by atoms with van der Waals surface area (Å²) in [6, 6.07) is 3.22. The van der Waals surface area contributed by atoms with Gasteiger partial charge in [-0.25, -0.2) is 20.8 Å². The Kier molecular flexibility index (Phi) is 3.22. The van der Waals surface area contributed by atoms with Gasteiger partial charge in [-0.3, -0.25) is 4.79 Å². The molecular weight excluding hydrogens is 220 g/mol. The second-order valence-electron chi connectivity index (χ2n) is 3.16. The fraction of sp³-hybridized carbons (Fsp3) is 0. The van der Waals surface area contributed by atoms with E-state index in [2.05, 4.69) is 25.7 Å². The smallest absolute Gasteiger partial charge is 0.257 e. The molecular formula is C10H10N6O. The number of nitrogens with zero attached hydrogens (tertiary/aromatic N) is 3. The largest absolute Gasteiger partial charge is 0.319 e. The van der Waals surface area contributed by atoms with Gasteiger partial charge in [-0.15, -0.1) is 0 Å². The summed E-state index contributed by atoms with van der Waals surface area (Å²) in [6.07, 6.45) is 5.83. The van der Waals surface area contributed by atoms with E-state index in [1.54, 1.807) is 12.1 Å². The van der Waals surface area contributed by atoms with Crippen LogP contribution in [0, 0.1) is 0 Å². The molecule has 7 nitrogen and oxygen atoms in total. The third kappa shape index (κ3) is 2.73. The van der Waals surface area contributed by atoms with Crippen LogP contribution in [0.4, 0.5) is 11.5 Å². The Hall–Kier alpha value is -2.54. The molecule has 0 aliphatic heterocycles. The summed E-state index contributed by atoms with van der Waals surface area (Å²) in [5.74, 6) is 5.38. The molecule has 17 heavy (non-hydrogen) atoms. The van der Waals surface area contributed by atoms with Gasteiger partial charge in [0.15, 0.2) is 0 Å². The molecule has 2 aromatic rings. The Morgan fingerprint density at radius 2 is 1.94 bits per heavy atom. The summed E-state index contributed by atoms with van der Waals surface area (Å²) in [4.78, 5) is 23.3. The number of carbonyl (C=O) groups excluding carboxylic acids is 1. The Labute approximate surface area is 97.1 Å². The summed E-state index contributed by atoms with van der Waals surface area (Å²) >= 11 is 0. The zero-order valence-corrected chi connectivity index (χ0v) is 8.79. The van der Waals surface area contributed by atoms with Crippen LogP contribution < -0.4 is 16.6 Å². The maximum atomic E-state index is 11.8. The molecule has 2 aromatic heterocycles. The SMILES string of the molecule is NNc1ccc(C(=O)Nc2cncnc2)cn1. The number of pyridine rings is 1. The molecule has 0 radical (unpaired) electrons. The lowest BCUT2D eigenvalue weighted by molar-refractivity contribution is 0.102. The van der Waals surface area contributed by atoms with Gasteiger partial charge in [-0.05, 0) is 12.1 Å². The van der Waals surface area contributed by atoms with E-state index in [-0.39, 0.29) is 5.91 Å². The first-order valence-corrected chi connectivity index (χ1v) is 4.78. The minimum Gasteiger partial charge on any atom is -0.319 e. The number of nitrogens with two attached hydrogens (primary N) is 1. The molecule has 0 atom stereocenters. The molecule has 0 bridgehead atoms. The first-order valence-electron chi connectivity index (χ1n) is 4.78. The number of aromatic nitrogens is 3. The zero-order chi connectivity index (χ0) is 12.1. The van der Waals surface area contributed by atoms with Gasteiger partial charge in [0.1, 0.15) is 12.1 Å². The van der Waals surface area contributed by atoms with E-state index < -0.39 is 0 Å². The van der Waals surface area contributed by atoms with Crippen LogP contribution in [0.5, 0.6) is 0 Å². The average molecular weight is 230 g/mol. The minimum absolute atomic E-state index is 0.282. The van der Waals surface area contributed by atoms with Gasteiger partial charge in [-0.1, -0.05) is 0 Å². The van der Waals surface area contributed by atoms with Gasteiger partial charge >= 0.3 is 0 Å². The Bertz CT molecular complexity index is 498. The van der Waals surface area contributed by atoms with Crippen molar-refractivity contribution in [2.75, 3.05) is 10.7 Å². The molecule has 1 amide bonds. The number of anilines is 2. The van der Waals surface area contributed by atoms with Crippen molar-refractivity contribution in [3.05, 3.63) is 42.6 Å². The molecule has 0 unspecified atom stereocenters. The summed E-state index contributed by atoms with van der Waals surface area (Å²) < 4.78 is 0. The first-order chi connectivity index (χ1) is 8.29. The number of hydrogen-bond donors (Lipinski definition) is 3. The van der Waals surface area contributed by atoms with Crippen LogP contribution in [0.3, 0.4) is 0 Å². The predicted molar refractivity (Wildman–Crippen MR) is 62.0 cm³/mol. The highest BCUT2D eigenvalue weighted by Gasteiger charge is 2.06. The van der Waals surface area contributed by atoms with Crippen LogP contribution in [0.25, 0.3) is 0 Å². The predicted octanol–water partition coefficient (Wildman–Crippen LogP) is 0.410. The van der Waals surface area contributed by atoms with E-state index in [4.69, 9.17) is 5.84 Å². The highest BCUT2D eigenvalue weighted by atomic mass is 16.1. The summed E-state index contributed by atoms with van der Waals surface area (Å²) in [5.41, 5.74) is 3.33. The van der Waals surface area contributed by atoms with Crippen LogP contribution >= 0.6 is 0 Å². The minimum atomic E-state index is -0.282. The van der Waals surface area contributed by atoms with Crippen molar-refractivity contribution in [3.63, 3.8) is 0 Å². The molecule has 0 saturated carbocycles. The number of nitrogen functional groups attached to an aromatic ring is 1. The van der Waals surface area contributed by atoms with Gasteiger partial charge in [-0.2, -0.15) is 0 Å². The quantitative estimate of drug-likeness (QED) is 0.521. The van der Waals surface area contributed by atoms with Crippen LogP contribution in [-0.2, 0) is 0 Å². The van der Waals surface area contributed by atoms with E-state index in [1.807, 2.05) is 0 Å². The van der Waals surface area contributed by atoms with Gasteiger partial charge in [0.25, 0.3) is 5.91 Å². The molecule has 4 N–H and O–H groups in total. The number of nitrogens with one attached hydrogen (secondary N) is 2. The van der Waals surface area contributed by atoms with E-state index in [9.17, 15) is 4.79 Å². The molecule has 0 aromatic carbocycles. The number of hydrogen-bond acceptors (Lipinski definition) is 6. The van der Waals surface area contributed by atoms with Gasteiger partial charge in [0.2, 0.25) is 0 Å². The third-order valence-corrected chi connectivity index (χ3v) is 1.99. The molecule has 0 spiro atoms. The number of rotatable bonds is 3. The molecule has 2 heterocycles. The normalized spacial score (nSPS) is 9.71. The zero-order valence-electron chi connectivity index (χ0n) is 8.79. The highest BCUT2D eigenvalue weighted by molar-refractivity contribution is 6.03. The van der Waals surface area contributed by atoms with E-state index in [0.29, 0.717) is 17.1 Å². The van der Waals surface area contributed by atoms with Crippen LogP contribution in [0.2, 0.25) is 0 Å². The molecule has 0 saturated heterocycles. The molecule has 0 aliphatic carbocycles. The maximum Gasteiger partial charge on any atom is 0.257 e.